The molecule has 3 aromatic heterocycles. The highest BCUT2D eigenvalue weighted by Gasteiger charge is 2.08. The lowest BCUT2D eigenvalue weighted by atomic mass is 10.1. The highest BCUT2D eigenvalue weighted by Crippen LogP contribution is 2.29. The molecule has 0 amide bonds. The summed E-state index contributed by atoms with van der Waals surface area (Å²) >= 11 is 0. The van der Waals surface area contributed by atoms with E-state index in [1.54, 1.807) is 0 Å². The Morgan fingerprint density at radius 3 is 2.53 bits per heavy atom. The topological polar surface area (TPSA) is 41.6 Å². The lowest BCUT2D eigenvalue weighted by Crippen LogP contribution is -1.79. The van der Waals surface area contributed by atoms with Gasteiger partial charge < -0.3 is 4.98 Å². The Balaban J connectivity index is 2.38. The van der Waals surface area contributed by atoms with Gasteiger partial charge in [0.05, 0.1) is 27.5 Å². The van der Waals surface area contributed by atoms with Crippen LogP contribution >= 0.6 is 0 Å². The fourth-order valence-electron chi connectivity index (χ4n) is 2.34. The smallest absolute Gasteiger partial charge is 0.0979 e. The normalized spacial score (nSPS) is 11.5. The van der Waals surface area contributed by atoms with Crippen molar-refractivity contribution in [3.8, 4) is 0 Å². The molecule has 0 fully saturated rings. The van der Waals surface area contributed by atoms with Crippen molar-refractivity contribution in [3.63, 3.8) is 0 Å². The van der Waals surface area contributed by atoms with Crippen molar-refractivity contribution in [1.29, 1.82) is 0 Å². The van der Waals surface area contributed by atoms with Crippen molar-refractivity contribution in [3.05, 3.63) is 48.8 Å². The van der Waals surface area contributed by atoms with E-state index in [9.17, 15) is 0 Å². The molecule has 0 atom stereocenters. The number of nitrogens with one attached hydrogen (secondary N) is 1. The zero-order valence-corrected chi connectivity index (χ0v) is 9.01. The van der Waals surface area contributed by atoms with Gasteiger partial charge in [0.2, 0.25) is 0 Å². The first kappa shape index (κ1) is 8.70. The van der Waals surface area contributed by atoms with Crippen molar-refractivity contribution >= 4 is 32.8 Å². The average molecular weight is 219 g/mol. The summed E-state index contributed by atoms with van der Waals surface area (Å²) in [6, 6.07) is 12.2. The van der Waals surface area contributed by atoms with E-state index in [2.05, 4.69) is 33.2 Å². The van der Waals surface area contributed by atoms with E-state index in [4.69, 9.17) is 0 Å². The number of benzene rings is 1. The Bertz CT molecular complexity index is 840. The van der Waals surface area contributed by atoms with Crippen LogP contribution in [-0.2, 0) is 0 Å². The Morgan fingerprint density at radius 1 is 0.765 bits per heavy atom. The van der Waals surface area contributed by atoms with Crippen LogP contribution in [0.25, 0.3) is 32.8 Å². The quantitative estimate of drug-likeness (QED) is 0.493. The van der Waals surface area contributed by atoms with Crippen LogP contribution in [0.4, 0.5) is 0 Å². The highest BCUT2D eigenvalue weighted by molar-refractivity contribution is 6.17. The van der Waals surface area contributed by atoms with Gasteiger partial charge in [-0.1, -0.05) is 12.1 Å². The minimum atomic E-state index is 0.992. The summed E-state index contributed by atoms with van der Waals surface area (Å²) < 4.78 is 0. The van der Waals surface area contributed by atoms with E-state index in [-0.39, 0.29) is 0 Å². The van der Waals surface area contributed by atoms with Crippen molar-refractivity contribution in [2.75, 3.05) is 0 Å². The first-order chi connectivity index (χ1) is 8.43. The third-order valence-electron chi connectivity index (χ3n) is 3.09. The molecule has 0 spiro atoms. The summed E-state index contributed by atoms with van der Waals surface area (Å²) in [5, 5.41) is 2.25. The molecule has 0 radical (unpaired) electrons. The predicted molar refractivity (Wildman–Crippen MR) is 68.9 cm³/mol. The van der Waals surface area contributed by atoms with E-state index < -0.39 is 0 Å². The number of rotatable bonds is 0. The van der Waals surface area contributed by atoms with Crippen LogP contribution < -0.4 is 0 Å². The average Bonchev–Trinajstić information content (AvgIpc) is 2.77. The van der Waals surface area contributed by atoms with Gasteiger partial charge in [-0.2, -0.15) is 0 Å². The molecule has 80 valence electrons. The van der Waals surface area contributed by atoms with Gasteiger partial charge in [0, 0.05) is 17.8 Å². The largest absolute Gasteiger partial charge is 0.353 e. The van der Waals surface area contributed by atoms with Crippen LogP contribution in [0.1, 0.15) is 0 Å². The molecular weight excluding hydrogens is 210 g/mol. The molecule has 3 heterocycles. The maximum Gasteiger partial charge on any atom is 0.0979 e. The molecule has 0 saturated heterocycles. The van der Waals surface area contributed by atoms with Crippen molar-refractivity contribution in [1.82, 2.24) is 15.0 Å². The Morgan fingerprint density at radius 2 is 1.59 bits per heavy atom. The molecule has 0 aliphatic rings. The van der Waals surface area contributed by atoms with Gasteiger partial charge in [-0.05, 0) is 24.3 Å². The van der Waals surface area contributed by atoms with Crippen molar-refractivity contribution in [2.24, 2.45) is 0 Å². The van der Waals surface area contributed by atoms with E-state index in [0.29, 0.717) is 0 Å². The highest BCUT2D eigenvalue weighted by atomic mass is 14.8. The van der Waals surface area contributed by atoms with Gasteiger partial charge in [0.25, 0.3) is 0 Å². The fraction of sp³-hybridized carbons (Fsp3) is 0. The molecule has 0 aliphatic heterocycles. The minimum absolute atomic E-state index is 0.992. The molecule has 1 N–H and O–H groups in total. The predicted octanol–water partition coefficient (Wildman–Crippen LogP) is 3.26. The first-order valence-electron chi connectivity index (χ1n) is 5.53. The van der Waals surface area contributed by atoms with Gasteiger partial charge in [-0.3, -0.25) is 9.97 Å². The molecule has 0 aliphatic carbocycles. The maximum atomic E-state index is 4.47. The SMILES string of the molecule is c1cnc2c(c1)ccc1[nH]c3cccnc3c12. The molecule has 4 aromatic rings. The van der Waals surface area contributed by atoms with E-state index in [1.807, 2.05) is 30.6 Å². The molecule has 1 aromatic carbocycles. The minimum Gasteiger partial charge on any atom is -0.353 e. The number of fused-ring (bicyclic) bond motifs is 5. The zero-order valence-electron chi connectivity index (χ0n) is 9.01. The van der Waals surface area contributed by atoms with Gasteiger partial charge in [0.1, 0.15) is 0 Å². The molecule has 0 saturated carbocycles. The third kappa shape index (κ3) is 1.11. The van der Waals surface area contributed by atoms with Gasteiger partial charge in [-0.15, -0.1) is 0 Å². The summed E-state index contributed by atoms with van der Waals surface area (Å²) in [6.45, 7) is 0. The number of nitrogens with zero attached hydrogens (tertiary/aromatic N) is 2. The lowest BCUT2D eigenvalue weighted by molar-refractivity contribution is 1.41. The van der Waals surface area contributed by atoms with Crippen LogP contribution in [-0.4, -0.2) is 15.0 Å². The molecule has 3 heteroatoms. The lowest BCUT2D eigenvalue weighted by Gasteiger charge is -1.97. The summed E-state index contributed by atoms with van der Waals surface area (Å²) in [5.74, 6) is 0. The van der Waals surface area contributed by atoms with Crippen LogP contribution in [0.15, 0.2) is 48.8 Å². The summed E-state index contributed by atoms with van der Waals surface area (Å²) in [7, 11) is 0. The summed E-state index contributed by atoms with van der Waals surface area (Å²) in [4.78, 5) is 12.3. The van der Waals surface area contributed by atoms with E-state index in [1.165, 1.54) is 0 Å². The monoisotopic (exact) mass is 219 g/mol. The second-order valence-electron chi connectivity index (χ2n) is 4.09. The maximum absolute atomic E-state index is 4.47. The van der Waals surface area contributed by atoms with Crippen LogP contribution in [0.3, 0.4) is 0 Å². The molecule has 0 unspecified atom stereocenters. The molecule has 4 rings (SSSR count). The number of pyridine rings is 2. The zero-order chi connectivity index (χ0) is 11.2. The second-order valence-corrected chi connectivity index (χ2v) is 4.09. The van der Waals surface area contributed by atoms with Gasteiger partial charge >= 0.3 is 0 Å². The molecule has 3 nitrogen and oxygen atoms in total. The standard InChI is InChI=1S/C14H9N3/c1-3-9-5-6-10-12(13(9)15-7-1)14-11(17-10)4-2-8-16-14/h1-8,17H. The van der Waals surface area contributed by atoms with Gasteiger partial charge in [0.15, 0.2) is 0 Å². The van der Waals surface area contributed by atoms with E-state index in [0.717, 1.165) is 32.8 Å². The second kappa shape index (κ2) is 3.04. The van der Waals surface area contributed by atoms with Crippen molar-refractivity contribution < 1.29 is 0 Å². The summed E-state index contributed by atoms with van der Waals surface area (Å²) in [6.07, 6.45) is 3.64. The van der Waals surface area contributed by atoms with Crippen LogP contribution in [0, 0.1) is 0 Å². The fourth-order valence-corrected chi connectivity index (χ4v) is 2.34. The van der Waals surface area contributed by atoms with Crippen molar-refractivity contribution in [2.45, 2.75) is 0 Å². The number of hydrogen-bond acceptors (Lipinski definition) is 2. The molecule has 17 heavy (non-hydrogen) atoms. The Kier molecular flexibility index (Phi) is 1.56. The van der Waals surface area contributed by atoms with Crippen LogP contribution in [0.5, 0.6) is 0 Å². The van der Waals surface area contributed by atoms with Gasteiger partial charge in [-0.25, -0.2) is 0 Å². The summed E-state index contributed by atoms with van der Waals surface area (Å²) in [5.41, 5.74) is 4.15. The molecule has 0 bridgehead atoms. The number of H-pyrrole nitrogens is 1. The molecular formula is C14H9N3. The third-order valence-corrected chi connectivity index (χ3v) is 3.09. The Hall–Kier alpha value is -2.42. The number of hydrogen-bond donors (Lipinski definition) is 1. The van der Waals surface area contributed by atoms with E-state index >= 15 is 0 Å². The first-order valence-corrected chi connectivity index (χ1v) is 5.53. The number of aromatic nitrogens is 3. The number of aromatic amines is 1. The van der Waals surface area contributed by atoms with Crippen LogP contribution in [0.2, 0.25) is 0 Å². The Labute approximate surface area is 97.1 Å².